The summed E-state index contributed by atoms with van der Waals surface area (Å²) in [6.45, 7) is 5.58. The van der Waals surface area contributed by atoms with Crippen molar-refractivity contribution in [1.29, 1.82) is 0 Å². The molecule has 0 aromatic rings. The van der Waals surface area contributed by atoms with Crippen LogP contribution < -0.4 is 0 Å². The second-order valence-corrected chi connectivity index (χ2v) is 5.75. The molecular weight excluding hydrogens is 192 g/mol. The highest BCUT2D eigenvalue weighted by Gasteiger charge is 2.49. The van der Waals surface area contributed by atoms with E-state index in [2.05, 4.69) is 0 Å². The summed E-state index contributed by atoms with van der Waals surface area (Å²) in [4.78, 5) is 23.3. The van der Waals surface area contributed by atoms with Crippen molar-refractivity contribution in [2.24, 2.45) is 17.8 Å². The minimum atomic E-state index is -0.442. The number of ketones is 1. The SMILES string of the molecule is CC(C)(C)OC(=O)[C@H]1C[C@@H]2CC(=O)[C@H]1C2. The number of carbonyl (C=O) groups is 2. The smallest absolute Gasteiger partial charge is 0.310 e. The number of hydrogen-bond donors (Lipinski definition) is 0. The van der Waals surface area contributed by atoms with E-state index in [1.54, 1.807) is 0 Å². The minimum Gasteiger partial charge on any atom is -0.460 e. The fourth-order valence-electron chi connectivity index (χ4n) is 2.74. The van der Waals surface area contributed by atoms with E-state index >= 15 is 0 Å². The molecule has 0 radical (unpaired) electrons. The third kappa shape index (κ3) is 2.06. The lowest BCUT2D eigenvalue weighted by molar-refractivity contribution is -0.163. The van der Waals surface area contributed by atoms with E-state index < -0.39 is 5.60 Å². The highest BCUT2D eigenvalue weighted by Crippen LogP contribution is 2.46. The molecule has 0 N–H and O–H groups in total. The van der Waals surface area contributed by atoms with Gasteiger partial charge in [0.1, 0.15) is 11.4 Å². The molecule has 2 fully saturated rings. The number of rotatable bonds is 1. The van der Waals surface area contributed by atoms with Crippen molar-refractivity contribution in [2.75, 3.05) is 0 Å². The second kappa shape index (κ2) is 3.32. The average Bonchev–Trinajstić information content (AvgIpc) is 2.58. The average molecular weight is 210 g/mol. The monoisotopic (exact) mass is 210 g/mol. The van der Waals surface area contributed by atoms with Gasteiger partial charge in [-0.3, -0.25) is 9.59 Å². The first-order valence-corrected chi connectivity index (χ1v) is 5.62. The molecule has 0 amide bonds. The van der Waals surface area contributed by atoms with Crippen LogP contribution in [0.5, 0.6) is 0 Å². The van der Waals surface area contributed by atoms with Crippen LogP contribution in [0, 0.1) is 17.8 Å². The number of hydrogen-bond acceptors (Lipinski definition) is 3. The van der Waals surface area contributed by atoms with Crippen molar-refractivity contribution in [3.05, 3.63) is 0 Å². The van der Waals surface area contributed by atoms with E-state index in [1.165, 1.54) is 0 Å². The Labute approximate surface area is 90.2 Å². The Morgan fingerprint density at radius 3 is 2.47 bits per heavy atom. The first-order chi connectivity index (χ1) is 6.87. The molecule has 2 bridgehead atoms. The summed E-state index contributed by atoms with van der Waals surface area (Å²) in [6, 6.07) is 0. The Balaban J connectivity index is 2.01. The zero-order valence-corrected chi connectivity index (χ0v) is 9.58. The van der Waals surface area contributed by atoms with Crippen LogP contribution in [-0.4, -0.2) is 17.4 Å². The van der Waals surface area contributed by atoms with Gasteiger partial charge in [0.2, 0.25) is 0 Å². The van der Waals surface area contributed by atoms with Gasteiger partial charge in [-0.1, -0.05) is 0 Å². The Kier molecular flexibility index (Phi) is 2.36. The van der Waals surface area contributed by atoms with Gasteiger partial charge in [-0.2, -0.15) is 0 Å². The van der Waals surface area contributed by atoms with Crippen molar-refractivity contribution in [3.8, 4) is 0 Å². The summed E-state index contributed by atoms with van der Waals surface area (Å²) in [5, 5.41) is 0. The summed E-state index contributed by atoms with van der Waals surface area (Å²) < 4.78 is 5.33. The van der Waals surface area contributed by atoms with Crippen LogP contribution in [-0.2, 0) is 14.3 Å². The maximum absolute atomic E-state index is 11.8. The predicted octanol–water partition coefficient (Wildman–Crippen LogP) is 1.94. The van der Waals surface area contributed by atoms with Gasteiger partial charge >= 0.3 is 5.97 Å². The molecule has 0 aliphatic heterocycles. The lowest BCUT2D eigenvalue weighted by Gasteiger charge is -2.25. The molecule has 15 heavy (non-hydrogen) atoms. The number of ether oxygens (including phenoxy) is 1. The van der Waals surface area contributed by atoms with Gasteiger partial charge in [0, 0.05) is 12.3 Å². The molecule has 2 aliphatic carbocycles. The van der Waals surface area contributed by atoms with E-state index in [0.717, 1.165) is 12.8 Å². The maximum atomic E-state index is 11.8. The van der Waals surface area contributed by atoms with E-state index in [9.17, 15) is 9.59 Å². The van der Waals surface area contributed by atoms with Crippen molar-refractivity contribution < 1.29 is 14.3 Å². The third-order valence-electron chi connectivity index (χ3n) is 3.27. The Bertz CT molecular complexity index is 300. The highest BCUT2D eigenvalue weighted by atomic mass is 16.6. The van der Waals surface area contributed by atoms with Gasteiger partial charge in [0.25, 0.3) is 0 Å². The first kappa shape index (κ1) is 10.7. The van der Waals surface area contributed by atoms with Gasteiger partial charge < -0.3 is 4.74 Å². The number of carbonyl (C=O) groups excluding carboxylic acids is 2. The highest BCUT2D eigenvalue weighted by molar-refractivity contribution is 5.90. The quantitative estimate of drug-likeness (QED) is 0.621. The summed E-state index contributed by atoms with van der Waals surface area (Å²) in [6.07, 6.45) is 2.44. The molecule has 3 nitrogen and oxygen atoms in total. The van der Waals surface area contributed by atoms with Gasteiger partial charge in [0.15, 0.2) is 0 Å². The number of esters is 1. The number of fused-ring (bicyclic) bond motifs is 2. The third-order valence-corrected chi connectivity index (χ3v) is 3.27. The van der Waals surface area contributed by atoms with Crippen molar-refractivity contribution in [3.63, 3.8) is 0 Å². The fourth-order valence-corrected chi connectivity index (χ4v) is 2.74. The molecule has 2 rings (SSSR count). The molecule has 0 aromatic heterocycles. The van der Waals surface area contributed by atoms with Gasteiger partial charge in [-0.15, -0.1) is 0 Å². The molecule has 2 saturated carbocycles. The largest absolute Gasteiger partial charge is 0.460 e. The van der Waals surface area contributed by atoms with E-state index in [0.29, 0.717) is 12.3 Å². The Hall–Kier alpha value is -0.860. The molecule has 0 saturated heterocycles. The minimum absolute atomic E-state index is 0.0372. The molecule has 0 spiro atoms. The van der Waals surface area contributed by atoms with Crippen LogP contribution in [0.25, 0.3) is 0 Å². The summed E-state index contributed by atoms with van der Waals surface area (Å²) in [5.41, 5.74) is -0.442. The summed E-state index contributed by atoms with van der Waals surface area (Å²) in [5.74, 6) is 0.338. The van der Waals surface area contributed by atoms with Crippen molar-refractivity contribution in [2.45, 2.75) is 45.6 Å². The zero-order valence-electron chi connectivity index (χ0n) is 9.58. The molecule has 2 aliphatic rings. The zero-order chi connectivity index (χ0) is 11.2. The standard InChI is InChI=1S/C12H18O3/c1-12(2,3)15-11(14)9-5-7-4-8(9)10(13)6-7/h7-9H,4-6H2,1-3H3/t7-,8+,9+/m1/s1. The van der Waals surface area contributed by atoms with Crippen LogP contribution in [0.15, 0.2) is 0 Å². The van der Waals surface area contributed by atoms with Crippen LogP contribution in [0.1, 0.15) is 40.0 Å². The lowest BCUT2D eigenvalue weighted by Crippen LogP contribution is -2.33. The molecule has 0 aromatic carbocycles. The molecule has 0 unspecified atom stereocenters. The molecular formula is C12H18O3. The van der Waals surface area contributed by atoms with E-state index in [-0.39, 0.29) is 23.6 Å². The van der Waals surface area contributed by atoms with Crippen LogP contribution in [0.4, 0.5) is 0 Å². The topological polar surface area (TPSA) is 43.4 Å². The molecule has 84 valence electrons. The summed E-state index contributed by atoms with van der Waals surface area (Å²) >= 11 is 0. The van der Waals surface area contributed by atoms with Gasteiger partial charge in [0.05, 0.1) is 5.92 Å². The van der Waals surface area contributed by atoms with Crippen LogP contribution in [0.2, 0.25) is 0 Å². The summed E-state index contributed by atoms with van der Waals surface area (Å²) in [7, 11) is 0. The Morgan fingerprint density at radius 1 is 1.33 bits per heavy atom. The fraction of sp³-hybridized carbons (Fsp3) is 0.833. The van der Waals surface area contributed by atoms with Crippen LogP contribution in [0.3, 0.4) is 0 Å². The Morgan fingerprint density at radius 2 is 2.00 bits per heavy atom. The van der Waals surface area contributed by atoms with Crippen LogP contribution >= 0.6 is 0 Å². The lowest BCUT2D eigenvalue weighted by atomic mass is 9.88. The van der Waals surface area contributed by atoms with Gasteiger partial charge in [-0.05, 0) is 39.5 Å². The van der Waals surface area contributed by atoms with E-state index in [1.807, 2.05) is 20.8 Å². The molecule has 3 heteroatoms. The molecule has 0 heterocycles. The first-order valence-electron chi connectivity index (χ1n) is 5.62. The van der Waals surface area contributed by atoms with Crippen molar-refractivity contribution in [1.82, 2.24) is 0 Å². The maximum Gasteiger partial charge on any atom is 0.310 e. The normalized spacial score (nSPS) is 34.6. The predicted molar refractivity (Wildman–Crippen MR) is 55.2 cm³/mol. The van der Waals surface area contributed by atoms with Crippen molar-refractivity contribution >= 4 is 11.8 Å². The van der Waals surface area contributed by atoms with E-state index in [4.69, 9.17) is 4.74 Å². The second-order valence-electron chi connectivity index (χ2n) is 5.75. The molecule has 3 atom stereocenters. The number of Topliss-reactive ketones (excluding diaryl/α,β-unsaturated/α-hetero) is 1. The van der Waals surface area contributed by atoms with Gasteiger partial charge in [-0.25, -0.2) is 0 Å².